The van der Waals surface area contributed by atoms with Crippen LogP contribution in [0.5, 0.6) is 0 Å². The Balaban J connectivity index is 2.02. The van der Waals surface area contributed by atoms with Gasteiger partial charge in [0.2, 0.25) is 0 Å². The van der Waals surface area contributed by atoms with E-state index in [9.17, 15) is 9.59 Å². The summed E-state index contributed by atoms with van der Waals surface area (Å²) in [7, 11) is 0. The van der Waals surface area contributed by atoms with Crippen LogP contribution in [0.4, 0.5) is 0 Å². The normalized spacial score (nSPS) is 12.3. The van der Waals surface area contributed by atoms with Gasteiger partial charge < -0.3 is 4.74 Å². The number of thiophene rings is 1. The monoisotopic (exact) mass is 370 g/mol. The Labute approximate surface area is 156 Å². The van der Waals surface area contributed by atoms with Gasteiger partial charge in [-0.2, -0.15) is 0 Å². The first-order valence-electron chi connectivity index (χ1n) is 8.64. The molecule has 136 valence electrons. The highest BCUT2D eigenvalue weighted by atomic mass is 32.1. The van der Waals surface area contributed by atoms with Crippen molar-refractivity contribution in [3.63, 3.8) is 0 Å². The van der Waals surface area contributed by atoms with Gasteiger partial charge in [0.05, 0.1) is 17.8 Å². The topological polar surface area (TPSA) is 61.2 Å². The Hall–Kier alpha value is -2.47. The van der Waals surface area contributed by atoms with E-state index in [2.05, 4.69) is 24.9 Å². The number of hydrogen-bond donors (Lipinski definition) is 0. The van der Waals surface area contributed by atoms with Crippen LogP contribution in [0.1, 0.15) is 31.4 Å². The lowest BCUT2D eigenvalue weighted by Gasteiger charge is -2.11. The predicted molar refractivity (Wildman–Crippen MR) is 105 cm³/mol. The Bertz CT molecular complexity index is 1020. The number of rotatable bonds is 5. The first kappa shape index (κ1) is 18.3. The maximum atomic E-state index is 12.9. The maximum absolute atomic E-state index is 12.9. The molecule has 26 heavy (non-hydrogen) atoms. The van der Waals surface area contributed by atoms with Crippen LogP contribution in [0, 0.1) is 13.8 Å². The van der Waals surface area contributed by atoms with Gasteiger partial charge in [0.15, 0.2) is 0 Å². The van der Waals surface area contributed by atoms with Crippen LogP contribution < -0.4 is 5.56 Å². The molecule has 6 heteroatoms. The Morgan fingerprint density at radius 2 is 2.08 bits per heavy atom. The number of aromatic nitrogens is 2. The second-order valence-electron chi connectivity index (χ2n) is 6.51. The average Bonchev–Trinajstić information content (AvgIpc) is 3.04. The molecule has 0 aliphatic heterocycles. The molecule has 3 aromatic rings. The molecular formula is C20H22N2O3S. The van der Waals surface area contributed by atoms with E-state index in [0.717, 1.165) is 17.5 Å². The van der Waals surface area contributed by atoms with E-state index in [1.807, 2.05) is 31.4 Å². The zero-order chi connectivity index (χ0) is 18.8. The van der Waals surface area contributed by atoms with Crippen molar-refractivity contribution in [2.45, 2.75) is 46.8 Å². The van der Waals surface area contributed by atoms with Gasteiger partial charge in [-0.3, -0.25) is 14.2 Å². The number of benzene rings is 1. The van der Waals surface area contributed by atoms with Gasteiger partial charge >= 0.3 is 5.97 Å². The predicted octanol–water partition coefficient (Wildman–Crippen LogP) is 4.08. The van der Waals surface area contributed by atoms with Crippen molar-refractivity contribution in [1.82, 2.24) is 9.55 Å². The van der Waals surface area contributed by atoms with E-state index in [4.69, 9.17) is 4.74 Å². The summed E-state index contributed by atoms with van der Waals surface area (Å²) >= 11 is 1.43. The Morgan fingerprint density at radius 1 is 1.31 bits per heavy atom. The third kappa shape index (κ3) is 3.55. The fraction of sp³-hybridized carbons (Fsp3) is 0.350. The van der Waals surface area contributed by atoms with Crippen LogP contribution >= 0.6 is 11.3 Å². The van der Waals surface area contributed by atoms with Gasteiger partial charge in [0.25, 0.3) is 5.56 Å². The summed E-state index contributed by atoms with van der Waals surface area (Å²) in [5, 5.41) is 2.50. The highest BCUT2D eigenvalue weighted by Crippen LogP contribution is 2.31. The number of hydrogen-bond acceptors (Lipinski definition) is 5. The van der Waals surface area contributed by atoms with Crippen molar-refractivity contribution in [1.29, 1.82) is 0 Å². The molecule has 0 saturated carbocycles. The molecule has 0 spiro atoms. The first-order valence-corrected chi connectivity index (χ1v) is 9.52. The van der Waals surface area contributed by atoms with E-state index < -0.39 is 5.97 Å². The molecule has 0 saturated heterocycles. The molecule has 0 bridgehead atoms. The van der Waals surface area contributed by atoms with E-state index in [-0.39, 0.29) is 18.2 Å². The van der Waals surface area contributed by atoms with Crippen molar-refractivity contribution < 1.29 is 9.53 Å². The minimum atomic E-state index is -0.425. The molecule has 0 amide bonds. The van der Waals surface area contributed by atoms with Gasteiger partial charge in [-0.05, 0) is 43.9 Å². The van der Waals surface area contributed by atoms with E-state index in [0.29, 0.717) is 10.2 Å². The Kier molecular flexibility index (Phi) is 5.23. The first-order chi connectivity index (χ1) is 12.4. The summed E-state index contributed by atoms with van der Waals surface area (Å²) in [4.78, 5) is 30.0. The number of ether oxygens (including phenoxy) is 1. The molecule has 1 aromatic carbocycles. The van der Waals surface area contributed by atoms with E-state index in [1.165, 1.54) is 33.4 Å². The molecule has 2 aromatic heterocycles. The molecule has 0 aliphatic carbocycles. The third-order valence-corrected chi connectivity index (χ3v) is 5.47. The van der Waals surface area contributed by atoms with Crippen molar-refractivity contribution in [3.8, 4) is 11.1 Å². The molecule has 3 rings (SSSR count). The van der Waals surface area contributed by atoms with Gasteiger partial charge in [-0.25, -0.2) is 4.98 Å². The maximum Gasteiger partial charge on any atom is 0.326 e. The summed E-state index contributed by atoms with van der Waals surface area (Å²) in [6, 6.07) is 6.13. The third-order valence-electron chi connectivity index (χ3n) is 4.59. The van der Waals surface area contributed by atoms with Gasteiger partial charge in [-0.15, -0.1) is 11.3 Å². The number of carbonyl (C=O) groups excluding carboxylic acids is 1. The molecule has 0 radical (unpaired) electrons. The fourth-order valence-electron chi connectivity index (χ4n) is 2.69. The number of esters is 1. The van der Waals surface area contributed by atoms with Gasteiger partial charge in [-0.1, -0.05) is 25.1 Å². The molecule has 1 atom stereocenters. The highest BCUT2D eigenvalue weighted by molar-refractivity contribution is 7.17. The number of fused-ring (bicyclic) bond motifs is 1. The van der Waals surface area contributed by atoms with Gasteiger partial charge in [0.1, 0.15) is 11.4 Å². The molecule has 1 unspecified atom stereocenters. The SMILES string of the molecule is CCC(C)OC(=O)Cn1cnc2scc(-c3ccc(C)c(C)c3)c2c1=O. The second kappa shape index (κ2) is 7.41. The van der Waals surface area contributed by atoms with Crippen LogP contribution in [-0.4, -0.2) is 21.6 Å². The second-order valence-corrected chi connectivity index (χ2v) is 7.37. The summed E-state index contributed by atoms with van der Waals surface area (Å²) in [5.74, 6) is -0.425. The number of aryl methyl sites for hydroxylation is 2. The van der Waals surface area contributed by atoms with Crippen molar-refractivity contribution in [2.24, 2.45) is 0 Å². The van der Waals surface area contributed by atoms with E-state index in [1.54, 1.807) is 0 Å². The van der Waals surface area contributed by atoms with Gasteiger partial charge in [0, 0.05) is 10.9 Å². The van der Waals surface area contributed by atoms with Crippen LogP contribution in [-0.2, 0) is 16.1 Å². The Morgan fingerprint density at radius 3 is 2.77 bits per heavy atom. The van der Waals surface area contributed by atoms with Crippen molar-refractivity contribution in [2.75, 3.05) is 0 Å². The van der Waals surface area contributed by atoms with Crippen molar-refractivity contribution in [3.05, 3.63) is 51.4 Å². The number of carbonyl (C=O) groups is 1. The lowest BCUT2D eigenvalue weighted by atomic mass is 10.0. The van der Waals surface area contributed by atoms with Crippen LogP contribution in [0.3, 0.4) is 0 Å². The zero-order valence-electron chi connectivity index (χ0n) is 15.4. The molecule has 0 N–H and O–H groups in total. The summed E-state index contributed by atoms with van der Waals surface area (Å²) < 4.78 is 6.60. The smallest absolute Gasteiger partial charge is 0.326 e. The van der Waals surface area contributed by atoms with Crippen LogP contribution in [0.2, 0.25) is 0 Å². The lowest BCUT2D eigenvalue weighted by molar-refractivity contribution is -0.149. The summed E-state index contributed by atoms with van der Waals surface area (Å²) in [6.45, 7) is 7.75. The highest BCUT2D eigenvalue weighted by Gasteiger charge is 2.16. The standard InChI is InChI=1S/C20H22N2O3S/c1-5-14(4)25-17(23)9-22-11-21-19-18(20(22)24)16(10-26-19)15-7-6-12(2)13(3)8-15/h6-8,10-11,14H,5,9H2,1-4H3. The zero-order valence-corrected chi connectivity index (χ0v) is 16.2. The molecule has 0 aliphatic rings. The molecular weight excluding hydrogens is 348 g/mol. The van der Waals surface area contributed by atoms with Crippen LogP contribution in [0.15, 0.2) is 34.7 Å². The average molecular weight is 370 g/mol. The fourth-order valence-corrected chi connectivity index (χ4v) is 3.59. The largest absolute Gasteiger partial charge is 0.461 e. The quantitative estimate of drug-likeness (QED) is 0.635. The molecule has 2 heterocycles. The molecule has 5 nitrogen and oxygen atoms in total. The number of nitrogens with zero attached hydrogens (tertiary/aromatic N) is 2. The van der Waals surface area contributed by atoms with Crippen LogP contribution in [0.25, 0.3) is 21.3 Å². The van der Waals surface area contributed by atoms with E-state index >= 15 is 0 Å². The lowest BCUT2D eigenvalue weighted by Crippen LogP contribution is -2.27. The summed E-state index contributed by atoms with van der Waals surface area (Å²) in [5.41, 5.74) is 4.00. The van der Waals surface area contributed by atoms with Crippen molar-refractivity contribution >= 4 is 27.5 Å². The molecule has 0 fully saturated rings. The minimum absolute atomic E-state index is 0.131. The summed E-state index contributed by atoms with van der Waals surface area (Å²) in [6.07, 6.45) is 1.99. The minimum Gasteiger partial charge on any atom is -0.461 e.